The second-order valence-electron chi connectivity index (χ2n) is 4.15. The van der Waals surface area contributed by atoms with Gasteiger partial charge in [0.15, 0.2) is 0 Å². The highest BCUT2D eigenvalue weighted by Gasteiger charge is 2.17. The zero-order valence-electron chi connectivity index (χ0n) is 11.4. The molecule has 0 fully saturated rings. The topological polar surface area (TPSA) is 107 Å². The Hall–Kier alpha value is -1.35. The Kier molecular flexibility index (Phi) is 7.38. The standard InChI is InChI=1S/C10H21N3O5S/c1-4-6-13(8-9(14)15)10(16)11-5-7-19(17,18)12(2)3/h4-8H2,1-3H3,(H,11,16)(H,14,15). The molecule has 0 heterocycles. The molecule has 0 atom stereocenters. The maximum absolute atomic E-state index is 11.7. The van der Waals surface area contributed by atoms with Crippen molar-refractivity contribution >= 4 is 22.0 Å². The van der Waals surface area contributed by atoms with Crippen LogP contribution in [-0.4, -0.2) is 74.2 Å². The van der Waals surface area contributed by atoms with Gasteiger partial charge in [0.2, 0.25) is 10.0 Å². The van der Waals surface area contributed by atoms with Crippen LogP contribution < -0.4 is 5.32 Å². The van der Waals surface area contributed by atoms with E-state index >= 15 is 0 Å². The Morgan fingerprint density at radius 3 is 2.26 bits per heavy atom. The lowest BCUT2D eigenvalue weighted by molar-refractivity contribution is -0.137. The highest BCUT2D eigenvalue weighted by Crippen LogP contribution is 1.95. The third-order valence-corrected chi connectivity index (χ3v) is 4.13. The summed E-state index contributed by atoms with van der Waals surface area (Å²) < 4.78 is 24.0. The van der Waals surface area contributed by atoms with Crippen molar-refractivity contribution in [2.24, 2.45) is 0 Å². The van der Waals surface area contributed by atoms with Crippen molar-refractivity contribution in [1.29, 1.82) is 0 Å². The van der Waals surface area contributed by atoms with Crippen molar-refractivity contribution in [2.75, 3.05) is 39.5 Å². The van der Waals surface area contributed by atoms with Crippen LogP contribution in [0.2, 0.25) is 0 Å². The van der Waals surface area contributed by atoms with Crippen LogP contribution in [0.25, 0.3) is 0 Å². The van der Waals surface area contributed by atoms with Crippen molar-refractivity contribution in [3.05, 3.63) is 0 Å². The number of nitrogens with one attached hydrogen (secondary N) is 1. The number of sulfonamides is 1. The highest BCUT2D eigenvalue weighted by atomic mass is 32.2. The normalized spacial score (nSPS) is 11.4. The Labute approximate surface area is 113 Å². The second-order valence-corrected chi connectivity index (χ2v) is 6.45. The van der Waals surface area contributed by atoms with Gasteiger partial charge in [-0.2, -0.15) is 0 Å². The van der Waals surface area contributed by atoms with Crippen LogP contribution in [0.1, 0.15) is 13.3 Å². The van der Waals surface area contributed by atoms with E-state index in [2.05, 4.69) is 5.32 Å². The summed E-state index contributed by atoms with van der Waals surface area (Å²) in [4.78, 5) is 23.4. The van der Waals surface area contributed by atoms with Gasteiger partial charge in [-0.1, -0.05) is 6.92 Å². The predicted molar refractivity (Wildman–Crippen MR) is 70.4 cm³/mol. The number of carboxylic acids is 1. The average Bonchev–Trinajstić information content (AvgIpc) is 2.27. The van der Waals surface area contributed by atoms with Crippen LogP contribution in [0.15, 0.2) is 0 Å². The molecule has 9 heteroatoms. The van der Waals surface area contributed by atoms with Crippen molar-refractivity contribution < 1.29 is 23.1 Å². The van der Waals surface area contributed by atoms with Gasteiger partial charge < -0.3 is 15.3 Å². The Bertz CT molecular complexity index is 407. The third kappa shape index (κ3) is 6.97. The quantitative estimate of drug-likeness (QED) is 0.621. The fourth-order valence-corrected chi connectivity index (χ4v) is 1.99. The van der Waals surface area contributed by atoms with E-state index < -0.39 is 28.6 Å². The van der Waals surface area contributed by atoms with E-state index in [4.69, 9.17) is 5.11 Å². The zero-order chi connectivity index (χ0) is 15.1. The van der Waals surface area contributed by atoms with Gasteiger partial charge in [0.1, 0.15) is 6.54 Å². The SMILES string of the molecule is CCCN(CC(=O)O)C(=O)NCCS(=O)(=O)N(C)C. The van der Waals surface area contributed by atoms with Gasteiger partial charge in [0.05, 0.1) is 5.75 Å². The highest BCUT2D eigenvalue weighted by molar-refractivity contribution is 7.89. The molecule has 0 aromatic rings. The van der Waals surface area contributed by atoms with Crippen LogP contribution in [0, 0.1) is 0 Å². The van der Waals surface area contributed by atoms with Crippen LogP contribution in [0.4, 0.5) is 4.79 Å². The van der Waals surface area contributed by atoms with E-state index in [1.54, 1.807) is 0 Å². The number of carbonyl (C=O) groups excluding carboxylic acids is 1. The molecular weight excluding hydrogens is 274 g/mol. The first-order valence-electron chi connectivity index (χ1n) is 5.85. The molecule has 0 aliphatic rings. The summed E-state index contributed by atoms with van der Waals surface area (Å²) in [5, 5.41) is 11.1. The van der Waals surface area contributed by atoms with E-state index in [0.29, 0.717) is 13.0 Å². The number of hydrogen-bond donors (Lipinski definition) is 2. The van der Waals surface area contributed by atoms with E-state index in [1.807, 2.05) is 6.92 Å². The summed E-state index contributed by atoms with van der Waals surface area (Å²) in [5.74, 6) is -1.33. The van der Waals surface area contributed by atoms with Crippen molar-refractivity contribution in [3.63, 3.8) is 0 Å². The van der Waals surface area contributed by atoms with E-state index in [-0.39, 0.29) is 12.3 Å². The maximum atomic E-state index is 11.7. The summed E-state index contributed by atoms with van der Waals surface area (Å²) >= 11 is 0. The number of urea groups is 1. The lowest BCUT2D eigenvalue weighted by Gasteiger charge is -2.20. The van der Waals surface area contributed by atoms with Gasteiger partial charge in [-0.05, 0) is 6.42 Å². The number of nitrogens with zero attached hydrogens (tertiary/aromatic N) is 2. The van der Waals surface area contributed by atoms with Crippen LogP contribution in [-0.2, 0) is 14.8 Å². The summed E-state index contributed by atoms with van der Waals surface area (Å²) in [6.07, 6.45) is 0.622. The van der Waals surface area contributed by atoms with Crippen molar-refractivity contribution in [2.45, 2.75) is 13.3 Å². The molecule has 0 aromatic heterocycles. The molecule has 0 unspecified atom stereocenters. The van der Waals surface area contributed by atoms with Crippen molar-refractivity contribution in [3.8, 4) is 0 Å². The molecule has 0 bridgehead atoms. The average molecular weight is 295 g/mol. The minimum Gasteiger partial charge on any atom is -0.480 e. The zero-order valence-corrected chi connectivity index (χ0v) is 12.2. The molecule has 19 heavy (non-hydrogen) atoms. The smallest absolute Gasteiger partial charge is 0.323 e. The van der Waals surface area contributed by atoms with Gasteiger partial charge in [0.25, 0.3) is 0 Å². The molecule has 0 spiro atoms. The molecule has 112 valence electrons. The van der Waals surface area contributed by atoms with E-state index in [1.165, 1.54) is 14.1 Å². The maximum Gasteiger partial charge on any atom is 0.323 e. The predicted octanol–water partition coefficient (Wildman–Crippen LogP) is -0.616. The number of aliphatic carboxylic acids is 1. The molecular formula is C10H21N3O5S. The van der Waals surface area contributed by atoms with Crippen LogP contribution in [0.3, 0.4) is 0 Å². The summed E-state index contributed by atoms with van der Waals surface area (Å²) in [6.45, 7) is 1.66. The molecule has 0 saturated heterocycles. The lowest BCUT2D eigenvalue weighted by Crippen LogP contribution is -2.45. The second kappa shape index (κ2) is 7.95. The third-order valence-electron chi connectivity index (χ3n) is 2.30. The monoisotopic (exact) mass is 295 g/mol. The van der Waals surface area contributed by atoms with Gasteiger partial charge in [0, 0.05) is 27.2 Å². The van der Waals surface area contributed by atoms with Gasteiger partial charge in [-0.3, -0.25) is 4.79 Å². The van der Waals surface area contributed by atoms with E-state index in [0.717, 1.165) is 9.21 Å². The number of amides is 2. The first-order valence-corrected chi connectivity index (χ1v) is 7.46. The first-order chi connectivity index (χ1) is 8.70. The fourth-order valence-electron chi connectivity index (χ4n) is 1.27. The number of rotatable bonds is 8. The van der Waals surface area contributed by atoms with Crippen molar-refractivity contribution in [1.82, 2.24) is 14.5 Å². The minimum atomic E-state index is -3.37. The largest absolute Gasteiger partial charge is 0.480 e. The van der Waals surface area contributed by atoms with Gasteiger partial charge in [-0.15, -0.1) is 0 Å². The lowest BCUT2D eigenvalue weighted by atomic mass is 10.4. The number of carbonyl (C=O) groups is 2. The molecule has 2 N–H and O–H groups in total. The first kappa shape index (κ1) is 17.6. The number of hydrogen-bond acceptors (Lipinski definition) is 4. The van der Waals surface area contributed by atoms with Gasteiger partial charge >= 0.3 is 12.0 Å². The molecule has 0 saturated carbocycles. The molecule has 0 aromatic carbocycles. The molecule has 0 aliphatic heterocycles. The van der Waals surface area contributed by atoms with Crippen LogP contribution in [0.5, 0.6) is 0 Å². The fraction of sp³-hybridized carbons (Fsp3) is 0.800. The molecule has 0 radical (unpaired) electrons. The summed E-state index contributed by atoms with van der Waals surface area (Å²) in [6, 6.07) is -0.571. The number of carboxylic acid groups (broad SMARTS) is 1. The minimum absolute atomic E-state index is 0.0564. The summed E-state index contributed by atoms with van der Waals surface area (Å²) in [5.41, 5.74) is 0. The molecule has 2 amide bonds. The summed E-state index contributed by atoms with van der Waals surface area (Å²) in [7, 11) is -0.556. The van der Waals surface area contributed by atoms with Crippen LogP contribution >= 0.6 is 0 Å². The van der Waals surface area contributed by atoms with Gasteiger partial charge in [-0.25, -0.2) is 17.5 Å². The Morgan fingerprint density at radius 1 is 1.26 bits per heavy atom. The van der Waals surface area contributed by atoms with E-state index in [9.17, 15) is 18.0 Å². The Balaban J connectivity index is 4.31. The molecule has 8 nitrogen and oxygen atoms in total. The molecule has 0 rings (SSSR count). The molecule has 0 aliphatic carbocycles. The Morgan fingerprint density at radius 2 is 1.84 bits per heavy atom.